The zero-order valence-corrected chi connectivity index (χ0v) is 11.8. The molecule has 0 saturated carbocycles. The second-order valence-corrected chi connectivity index (χ2v) is 4.53. The highest BCUT2D eigenvalue weighted by atomic mass is 16.5. The number of nitrogens with zero attached hydrogens (tertiary/aromatic N) is 3. The molecule has 102 valence electrons. The summed E-state index contributed by atoms with van der Waals surface area (Å²) in [5.74, 6) is 1.44. The molecule has 0 bridgehead atoms. The van der Waals surface area contributed by atoms with Gasteiger partial charge in [-0.05, 0) is 40.8 Å². The molecule has 0 aliphatic rings. The summed E-state index contributed by atoms with van der Waals surface area (Å²) in [7, 11) is 2.14. The Hall–Kier alpha value is -1.36. The maximum atomic E-state index is 5.32. The van der Waals surface area contributed by atoms with Gasteiger partial charge in [0.05, 0.1) is 6.61 Å². The minimum absolute atomic E-state index is 0.591. The van der Waals surface area contributed by atoms with Gasteiger partial charge in [0.25, 0.3) is 0 Å². The van der Waals surface area contributed by atoms with E-state index in [1.54, 1.807) is 0 Å². The molecule has 1 rings (SSSR count). The lowest BCUT2D eigenvalue weighted by Crippen LogP contribution is -2.28. The standard InChI is InChI=1S/C13H24N4O/c1-5-18-13-9-12(15-10-16-13)14-7-6-8-17(4)11(2)3/h9-11H,5-8H2,1-4H3,(H,14,15,16). The van der Waals surface area contributed by atoms with Crippen LogP contribution in [0.2, 0.25) is 0 Å². The maximum absolute atomic E-state index is 5.32. The van der Waals surface area contributed by atoms with Crippen molar-refractivity contribution in [3.8, 4) is 5.88 Å². The van der Waals surface area contributed by atoms with Gasteiger partial charge in [-0.1, -0.05) is 0 Å². The lowest BCUT2D eigenvalue weighted by atomic mass is 10.3. The molecule has 1 aromatic heterocycles. The van der Waals surface area contributed by atoms with Crippen molar-refractivity contribution in [3.63, 3.8) is 0 Å². The van der Waals surface area contributed by atoms with E-state index < -0.39 is 0 Å². The Morgan fingerprint density at radius 1 is 1.39 bits per heavy atom. The van der Waals surface area contributed by atoms with Crippen LogP contribution in [0.4, 0.5) is 5.82 Å². The summed E-state index contributed by atoms with van der Waals surface area (Å²) >= 11 is 0. The van der Waals surface area contributed by atoms with Crippen molar-refractivity contribution >= 4 is 5.82 Å². The maximum Gasteiger partial charge on any atom is 0.218 e. The van der Waals surface area contributed by atoms with Gasteiger partial charge in [-0.3, -0.25) is 0 Å². The summed E-state index contributed by atoms with van der Waals surface area (Å²) in [5, 5.41) is 3.28. The molecule has 0 amide bonds. The van der Waals surface area contributed by atoms with Crippen molar-refractivity contribution in [2.24, 2.45) is 0 Å². The second kappa shape index (κ2) is 7.87. The van der Waals surface area contributed by atoms with E-state index in [1.165, 1.54) is 6.33 Å². The molecule has 0 aliphatic carbocycles. The summed E-state index contributed by atoms with van der Waals surface area (Å²) in [6.07, 6.45) is 2.61. The lowest BCUT2D eigenvalue weighted by Gasteiger charge is -2.20. The second-order valence-electron chi connectivity index (χ2n) is 4.53. The van der Waals surface area contributed by atoms with Crippen LogP contribution >= 0.6 is 0 Å². The molecule has 1 N–H and O–H groups in total. The van der Waals surface area contributed by atoms with Crippen LogP contribution in [0, 0.1) is 0 Å². The number of anilines is 1. The van der Waals surface area contributed by atoms with Gasteiger partial charge < -0.3 is 15.0 Å². The summed E-state index contributed by atoms with van der Waals surface area (Å²) in [4.78, 5) is 10.5. The van der Waals surface area contributed by atoms with Gasteiger partial charge in [0.1, 0.15) is 12.1 Å². The summed E-state index contributed by atoms with van der Waals surface area (Å²) in [6.45, 7) is 8.94. The van der Waals surface area contributed by atoms with Crippen LogP contribution < -0.4 is 10.1 Å². The van der Waals surface area contributed by atoms with Crippen LogP contribution in [0.3, 0.4) is 0 Å². The predicted octanol–water partition coefficient (Wildman–Crippen LogP) is 2.02. The van der Waals surface area contributed by atoms with E-state index in [0.29, 0.717) is 18.5 Å². The van der Waals surface area contributed by atoms with Gasteiger partial charge in [0.2, 0.25) is 5.88 Å². The highest BCUT2D eigenvalue weighted by Gasteiger charge is 2.02. The lowest BCUT2D eigenvalue weighted by molar-refractivity contribution is 0.273. The normalized spacial score (nSPS) is 11.0. The molecule has 0 aromatic carbocycles. The van der Waals surface area contributed by atoms with E-state index in [2.05, 4.69) is 41.1 Å². The minimum atomic E-state index is 0.591. The first-order valence-electron chi connectivity index (χ1n) is 6.52. The fourth-order valence-electron chi connectivity index (χ4n) is 1.47. The molecule has 0 spiro atoms. The van der Waals surface area contributed by atoms with E-state index >= 15 is 0 Å². The summed E-state index contributed by atoms with van der Waals surface area (Å²) in [5.41, 5.74) is 0. The van der Waals surface area contributed by atoms with Crippen molar-refractivity contribution in [2.45, 2.75) is 33.2 Å². The van der Waals surface area contributed by atoms with Crippen molar-refractivity contribution in [3.05, 3.63) is 12.4 Å². The van der Waals surface area contributed by atoms with Crippen LogP contribution in [-0.2, 0) is 0 Å². The molecule has 0 aliphatic heterocycles. The third kappa shape index (κ3) is 5.31. The highest BCUT2D eigenvalue weighted by Crippen LogP contribution is 2.10. The Labute approximate surface area is 110 Å². The Bertz CT molecular complexity index is 344. The van der Waals surface area contributed by atoms with Crippen molar-refractivity contribution in [1.29, 1.82) is 0 Å². The van der Waals surface area contributed by atoms with E-state index in [9.17, 15) is 0 Å². The minimum Gasteiger partial charge on any atom is -0.478 e. The Balaban J connectivity index is 2.28. The Kier molecular flexibility index (Phi) is 6.43. The smallest absolute Gasteiger partial charge is 0.218 e. The molecular formula is C13H24N4O. The largest absolute Gasteiger partial charge is 0.478 e. The molecule has 0 radical (unpaired) electrons. The Morgan fingerprint density at radius 3 is 2.83 bits per heavy atom. The molecule has 5 nitrogen and oxygen atoms in total. The average molecular weight is 252 g/mol. The van der Waals surface area contributed by atoms with Gasteiger partial charge >= 0.3 is 0 Å². The number of hydrogen-bond donors (Lipinski definition) is 1. The van der Waals surface area contributed by atoms with Crippen molar-refractivity contribution in [1.82, 2.24) is 14.9 Å². The molecule has 1 heterocycles. The molecule has 0 saturated heterocycles. The van der Waals surface area contributed by atoms with Crippen molar-refractivity contribution < 1.29 is 4.74 Å². The number of hydrogen-bond acceptors (Lipinski definition) is 5. The number of nitrogens with one attached hydrogen (secondary N) is 1. The van der Waals surface area contributed by atoms with Crippen LogP contribution in [0.15, 0.2) is 12.4 Å². The summed E-state index contributed by atoms with van der Waals surface area (Å²) in [6, 6.07) is 2.42. The van der Waals surface area contributed by atoms with Crippen LogP contribution in [-0.4, -0.2) is 47.7 Å². The monoisotopic (exact) mass is 252 g/mol. The number of aromatic nitrogens is 2. The van der Waals surface area contributed by atoms with E-state index in [1.807, 2.05) is 13.0 Å². The molecule has 0 atom stereocenters. The molecule has 5 heteroatoms. The predicted molar refractivity (Wildman–Crippen MR) is 74.1 cm³/mol. The third-order valence-corrected chi connectivity index (χ3v) is 2.81. The first kappa shape index (κ1) is 14.7. The SMILES string of the molecule is CCOc1cc(NCCCN(C)C(C)C)ncn1. The van der Waals surface area contributed by atoms with E-state index in [-0.39, 0.29) is 0 Å². The van der Waals surface area contributed by atoms with Gasteiger partial charge in [-0.2, -0.15) is 0 Å². The van der Waals surface area contributed by atoms with Crippen LogP contribution in [0.5, 0.6) is 5.88 Å². The van der Waals surface area contributed by atoms with Gasteiger partial charge in [0, 0.05) is 18.7 Å². The zero-order valence-electron chi connectivity index (χ0n) is 11.8. The highest BCUT2D eigenvalue weighted by molar-refractivity contribution is 5.36. The summed E-state index contributed by atoms with van der Waals surface area (Å²) < 4.78 is 5.32. The fraction of sp³-hybridized carbons (Fsp3) is 0.692. The topological polar surface area (TPSA) is 50.3 Å². The van der Waals surface area contributed by atoms with Crippen molar-refractivity contribution in [2.75, 3.05) is 32.1 Å². The number of rotatable bonds is 8. The van der Waals surface area contributed by atoms with E-state index in [4.69, 9.17) is 4.74 Å². The van der Waals surface area contributed by atoms with Crippen LogP contribution in [0.1, 0.15) is 27.2 Å². The molecule has 1 aromatic rings. The van der Waals surface area contributed by atoms with Gasteiger partial charge in [-0.15, -0.1) is 0 Å². The fourth-order valence-corrected chi connectivity index (χ4v) is 1.47. The molecule has 0 fully saturated rings. The Morgan fingerprint density at radius 2 is 2.17 bits per heavy atom. The first-order valence-corrected chi connectivity index (χ1v) is 6.52. The van der Waals surface area contributed by atoms with E-state index in [0.717, 1.165) is 25.3 Å². The average Bonchev–Trinajstić information content (AvgIpc) is 2.35. The zero-order chi connectivity index (χ0) is 13.4. The van der Waals surface area contributed by atoms with Gasteiger partial charge in [-0.25, -0.2) is 9.97 Å². The van der Waals surface area contributed by atoms with Crippen LogP contribution in [0.25, 0.3) is 0 Å². The molecule has 18 heavy (non-hydrogen) atoms. The third-order valence-electron chi connectivity index (χ3n) is 2.81. The van der Waals surface area contributed by atoms with Gasteiger partial charge in [0.15, 0.2) is 0 Å². The number of ether oxygens (including phenoxy) is 1. The molecule has 0 unspecified atom stereocenters. The molecular weight excluding hydrogens is 228 g/mol. The quantitative estimate of drug-likeness (QED) is 0.717. The first-order chi connectivity index (χ1) is 8.63.